The normalized spacial score (nSPS) is 18.9. The number of aromatic nitrogens is 1. The molecule has 24 heavy (non-hydrogen) atoms. The molecule has 1 aromatic carbocycles. The molecular formula is C19H23N3O2. The first-order valence-corrected chi connectivity index (χ1v) is 8.30. The molecule has 126 valence electrons. The Labute approximate surface area is 142 Å². The van der Waals surface area contributed by atoms with Crippen LogP contribution in [0, 0.1) is 0 Å². The Bertz CT molecular complexity index is 673. The van der Waals surface area contributed by atoms with Gasteiger partial charge in [0, 0.05) is 18.9 Å². The summed E-state index contributed by atoms with van der Waals surface area (Å²) < 4.78 is 5.38. The molecule has 0 radical (unpaired) electrons. The molecule has 2 unspecified atom stereocenters. The van der Waals surface area contributed by atoms with Crippen molar-refractivity contribution in [1.82, 2.24) is 15.2 Å². The van der Waals surface area contributed by atoms with Gasteiger partial charge in [-0.25, -0.2) is 4.79 Å². The summed E-state index contributed by atoms with van der Waals surface area (Å²) in [5.41, 5.74) is 3.28. The van der Waals surface area contributed by atoms with E-state index >= 15 is 0 Å². The summed E-state index contributed by atoms with van der Waals surface area (Å²) in [4.78, 5) is 18.4. The average molecular weight is 325 g/mol. The number of rotatable bonds is 3. The Morgan fingerprint density at radius 3 is 2.75 bits per heavy atom. The van der Waals surface area contributed by atoms with Crippen molar-refractivity contribution < 1.29 is 9.53 Å². The van der Waals surface area contributed by atoms with E-state index in [1.54, 1.807) is 6.20 Å². The lowest BCUT2D eigenvalue weighted by Gasteiger charge is -2.34. The number of urea groups is 1. The van der Waals surface area contributed by atoms with Gasteiger partial charge in [-0.3, -0.25) is 4.98 Å². The summed E-state index contributed by atoms with van der Waals surface area (Å²) in [5.74, 6) is 0. The zero-order chi connectivity index (χ0) is 16.9. The van der Waals surface area contributed by atoms with Crippen molar-refractivity contribution in [3.63, 3.8) is 0 Å². The number of hydrogen-bond donors (Lipinski definition) is 1. The van der Waals surface area contributed by atoms with Gasteiger partial charge in [-0.1, -0.05) is 30.3 Å². The molecule has 0 spiro atoms. The second-order valence-electron chi connectivity index (χ2n) is 6.15. The molecule has 5 nitrogen and oxygen atoms in total. The smallest absolute Gasteiger partial charge is 0.318 e. The third kappa shape index (κ3) is 3.74. The van der Waals surface area contributed by atoms with Gasteiger partial charge >= 0.3 is 6.03 Å². The molecule has 2 heterocycles. The maximum Gasteiger partial charge on any atom is 0.318 e. The number of carbonyl (C=O) groups excluding carboxylic acids is 1. The van der Waals surface area contributed by atoms with E-state index in [9.17, 15) is 4.79 Å². The predicted octanol–water partition coefficient (Wildman–Crippen LogP) is 3.24. The minimum absolute atomic E-state index is 0.0327. The number of pyridine rings is 1. The molecule has 1 aromatic heterocycles. The van der Waals surface area contributed by atoms with Gasteiger partial charge in [0.15, 0.2) is 0 Å². The summed E-state index contributed by atoms with van der Waals surface area (Å²) in [5, 5.41) is 3.07. The summed E-state index contributed by atoms with van der Waals surface area (Å²) in [6.45, 7) is 5.85. The van der Waals surface area contributed by atoms with Gasteiger partial charge in [0.05, 0.1) is 25.3 Å². The largest absolute Gasteiger partial charge is 0.377 e. The molecule has 0 aliphatic carbocycles. The van der Waals surface area contributed by atoms with E-state index < -0.39 is 0 Å². The standard InChI is InChI=1S/C19H23N3O2/c1-14-13-24-11-10-22(14)19(23)21-15(2)16-5-7-17(8-6-16)18-4-3-9-20-12-18/h3-9,12,14-15H,10-11,13H2,1-2H3,(H,21,23). The van der Waals surface area contributed by atoms with Gasteiger partial charge in [-0.15, -0.1) is 0 Å². The molecular weight excluding hydrogens is 302 g/mol. The zero-order valence-corrected chi connectivity index (χ0v) is 14.1. The Kier molecular flexibility index (Phi) is 5.11. The molecule has 3 rings (SSSR count). The topological polar surface area (TPSA) is 54.5 Å². The van der Waals surface area contributed by atoms with Gasteiger partial charge in [0.1, 0.15) is 0 Å². The molecule has 2 aromatic rings. The molecule has 5 heteroatoms. The molecule has 1 aliphatic rings. The molecule has 0 saturated carbocycles. The molecule has 1 N–H and O–H groups in total. The SMILES string of the molecule is CC(NC(=O)N1CCOCC1C)c1ccc(-c2cccnc2)cc1. The molecule has 2 atom stereocenters. The number of benzene rings is 1. The van der Waals surface area contributed by atoms with Crippen LogP contribution in [0.3, 0.4) is 0 Å². The van der Waals surface area contributed by atoms with E-state index in [4.69, 9.17) is 4.74 Å². The van der Waals surface area contributed by atoms with Gasteiger partial charge in [-0.05, 0) is 36.6 Å². The molecule has 0 bridgehead atoms. The van der Waals surface area contributed by atoms with Crippen molar-refractivity contribution in [3.8, 4) is 11.1 Å². The number of morpholine rings is 1. The van der Waals surface area contributed by atoms with Gasteiger partial charge in [-0.2, -0.15) is 0 Å². The molecule has 1 aliphatic heterocycles. The van der Waals surface area contributed by atoms with Crippen LogP contribution in [0.25, 0.3) is 11.1 Å². The number of amides is 2. The summed E-state index contributed by atoms with van der Waals surface area (Å²) >= 11 is 0. The van der Waals surface area contributed by atoms with E-state index in [1.807, 2.05) is 37.1 Å². The van der Waals surface area contributed by atoms with Crippen LogP contribution in [0.15, 0.2) is 48.8 Å². The lowest BCUT2D eigenvalue weighted by Crippen LogP contribution is -2.51. The maximum atomic E-state index is 12.4. The number of carbonyl (C=O) groups is 1. The van der Waals surface area contributed by atoms with Crippen LogP contribution in [0.4, 0.5) is 4.79 Å². The van der Waals surface area contributed by atoms with Crippen LogP contribution in [-0.4, -0.2) is 41.7 Å². The van der Waals surface area contributed by atoms with Crippen molar-refractivity contribution in [2.24, 2.45) is 0 Å². The van der Waals surface area contributed by atoms with E-state index in [-0.39, 0.29) is 18.1 Å². The second kappa shape index (κ2) is 7.45. The fraction of sp³-hybridized carbons (Fsp3) is 0.368. The van der Waals surface area contributed by atoms with Crippen LogP contribution in [0.5, 0.6) is 0 Å². The highest BCUT2D eigenvalue weighted by Crippen LogP contribution is 2.21. The first kappa shape index (κ1) is 16.5. The van der Waals surface area contributed by atoms with Crippen LogP contribution < -0.4 is 5.32 Å². The molecule has 1 fully saturated rings. The average Bonchev–Trinajstić information content (AvgIpc) is 2.63. The Balaban J connectivity index is 1.64. The van der Waals surface area contributed by atoms with E-state index in [0.717, 1.165) is 16.7 Å². The van der Waals surface area contributed by atoms with Crippen molar-refractivity contribution in [1.29, 1.82) is 0 Å². The fourth-order valence-corrected chi connectivity index (χ4v) is 2.88. The monoisotopic (exact) mass is 325 g/mol. The third-order valence-corrected chi connectivity index (χ3v) is 4.37. The van der Waals surface area contributed by atoms with Gasteiger partial charge in [0.25, 0.3) is 0 Å². The van der Waals surface area contributed by atoms with E-state index in [0.29, 0.717) is 19.8 Å². The quantitative estimate of drug-likeness (QED) is 0.942. The van der Waals surface area contributed by atoms with Crippen LogP contribution in [0.2, 0.25) is 0 Å². The number of nitrogens with one attached hydrogen (secondary N) is 1. The van der Waals surface area contributed by atoms with Crippen molar-refractivity contribution in [2.45, 2.75) is 25.9 Å². The Hall–Kier alpha value is -2.40. The molecule has 1 saturated heterocycles. The highest BCUT2D eigenvalue weighted by Gasteiger charge is 2.24. The van der Waals surface area contributed by atoms with Gasteiger partial charge in [0.2, 0.25) is 0 Å². The van der Waals surface area contributed by atoms with Crippen molar-refractivity contribution >= 4 is 6.03 Å². The minimum Gasteiger partial charge on any atom is -0.377 e. The van der Waals surface area contributed by atoms with Crippen LogP contribution in [-0.2, 0) is 4.74 Å². The first-order chi connectivity index (χ1) is 11.6. The highest BCUT2D eigenvalue weighted by molar-refractivity contribution is 5.75. The maximum absolute atomic E-state index is 12.4. The summed E-state index contributed by atoms with van der Waals surface area (Å²) in [6, 6.07) is 12.2. The lowest BCUT2D eigenvalue weighted by atomic mass is 10.0. The zero-order valence-electron chi connectivity index (χ0n) is 14.1. The van der Waals surface area contributed by atoms with Crippen molar-refractivity contribution in [3.05, 3.63) is 54.4 Å². The van der Waals surface area contributed by atoms with Gasteiger partial charge < -0.3 is 15.0 Å². The third-order valence-electron chi connectivity index (χ3n) is 4.37. The summed E-state index contributed by atoms with van der Waals surface area (Å²) in [6.07, 6.45) is 3.61. The first-order valence-electron chi connectivity index (χ1n) is 8.30. The minimum atomic E-state index is -0.0458. The lowest BCUT2D eigenvalue weighted by molar-refractivity contribution is 0.0185. The van der Waals surface area contributed by atoms with Crippen LogP contribution >= 0.6 is 0 Å². The summed E-state index contributed by atoms with van der Waals surface area (Å²) in [7, 11) is 0. The van der Waals surface area contributed by atoms with Crippen LogP contribution in [0.1, 0.15) is 25.5 Å². The Morgan fingerprint density at radius 2 is 2.08 bits per heavy atom. The Morgan fingerprint density at radius 1 is 1.29 bits per heavy atom. The van der Waals surface area contributed by atoms with E-state index in [2.05, 4.69) is 34.6 Å². The number of ether oxygens (including phenoxy) is 1. The number of hydrogen-bond acceptors (Lipinski definition) is 3. The highest BCUT2D eigenvalue weighted by atomic mass is 16.5. The van der Waals surface area contributed by atoms with Crippen molar-refractivity contribution in [2.75, 3.05) is 19.8 Å². The molecule has 2 amide bonds. The van der Waals surface area contributed by atoms with E-state index in [1.165, 1.54) is 0 Å². The fourth-order valence-electron chi connectivity index (χ4n) is 2.88. The number of nitrogens with zero attached hydrogens (tertiary/aromatic N) is 2. The second-order valence-corrected chi connectivity index (χ2v) is 6.15. The predicted molar refractivity (Wildman–Crippen MR) is 93.6 cm³/mol.